The molecule has 1 saturated heterocycles. The number of carbonyl (C=O) groups is 2. The summed E-state index contributed by atoms with van der Waals surface area (Å²) in [5.41, 5.74) is -0.183. The number of halogens is 2. The minimum absolute atomic E-state index is 0.00429. The molecule has 0 spiro atoms. The lowest BCUT2D eigenvalue weighted by Crippen LogP contribution is -2.29. The number of amides is 1. The van der Waals surface area contributed by atoms with E-state index in [-0.39, 0.29) is 17.9 Å². The molecule has 6 heteroatoms. The first-order valence-electron chi connectivity index (χ1n) is 5.93. The van der Waals surface area contributed by atoms with E-state index in [1.165, 1.54) is 4.90 Å². The smallest absolute Gasteiger partial charge is 0.303 e. The largest absolute Gasteiger partial charge is 0.481 e. The molecule has 0 radical (unpaired) electrons. The highest BCUT2D eigenvalue weighted by molar-refractivity contribution is 5.94. The fourth-order valence-electron chi connectivity index (χ4n) is 2.26. The van der Waals surface area contributed by atoms with Gasteiger partial charge in [-0.1, -0.05) is 0 Å². The van der Waals surface area contributed by atoms with Gasteiger partial charge in [0.25, 0.3) is 5.91 Å². The van der Waals surface area contributed by atoms with Crippen LogP contribution >= 0.6 is 0 Å². The van der Waals surface area contributed by atoms with E-state index in [9.17, 15) is 18.4 Å². The van der Waals surface area contributed by atoms with Crippen molar-refractivity contribution in [2.75, 3.05) is 13.1 Å². The third kappa shape index (κ3) is 3.07. The highest BCUT2D eigenvalue weighted by Gasteiger charge is 2.29. The Balaban J connectivity index is 2.07. The molecule has 1 atom stereocenters. The van der Waals surface area contributed by atoms with Gasteiger partial charge in [0.15, 0.2) is 0 Å². The fraction of sp³-hybridized carbons (Fsp3) is 0.385. The van der Waals surface area contributed by atoms with E-state index in [2.05, 4.69) is 0 Å². The van der Waals surface area contributed by atoms with Gasteiger partial charge in [0, 0.05) is 25.6 Å². The van der Waals surface area contributed by atoms with Crippen LogP contribution in [-0.2, 0) is 4.79 Å². The number of aliphatic carboxylic acids is 1. The van der Waals surface area contributed by atoms with Gasteiger partial charge in [-0.25, -0.2) is 8.78 Å². The number of carboxylic acid groups (broad SMARTS) is 1. The van der Waals surface area contributed by atoms with Crippen LogP contribution in [0.4, 0.5) is 8.78 Å². The zero-order valence-electron chi connectivity index (χ0n) is 10.1. The molecule has 19 heavy (non-hydrogen) atoms. The Kier molecular flexibility index (Phi) is 3.78. The first kappa shape index (κ1) is 13.5. The average molecular weight is 269 g/mol. The molecule has 0 aromatic heterocycles. The van der Waals surface area contributed by atoms with Crippen LogP contribution in [0.1, 0.15) is 23.2 Å². The van der Waals surface area contributed by atoms with E-state index in [4.69, 9.17) is 5.11 Å². The number of likely N-dealkylation sites (tertiary alicyclic amines) is 1. The van der Waals surface area contributed by atoms with E-state index in [0.29, 0.717) is 25.6 Å². The lowest BCUT2D eigenvalue weighted by Gasteiger charge is -2.16. The molecule has 0 aliphatic carbocycles. The fourth-order valence-corrected chi connectivity index (χ4v) is 2.26. The van der Waals surface area contributed by atoms with E-state index in [1.54, 1.807) is 0 Å². The summed E-state index contributed by atoms with van der Waals surface area (Å²) in [5.74, 6) is -3.17. The molecule has 2 rings (SSSR count). The summed E-state index contributed by atoms with van der Waals surface area (Å²) in [6.07, 6.45) is 0.580. The number of benzene rings is 1. The summed E-state index contributed by atoms with van der Waals surface area (Å²) in [4.78, 5) is 24.0. The molecule has 0 bridgehead atoms. The van der Waals surface area contributed by atoms with Crippen molar-refractivity contribution in [3.05, 3.63) is 35.4 Å². The van der Waals surface area contributed by atoms with Crippen LogP contribution in [0.3, 0.4) is 0 Å². The Morgan fingerprint density at radius 2 is 2.11 bits per heavy atom. The number of hydrogen-bond donors (Lipinski definition) is 1. The van der Waals surface area contributed by atoms with Crippen molar-refractivity contribution in [3.63, 3.8) is 0 Å². The van der Waals surface area contributed by atoms with Gasteiger partial charge in [0.05, 0.1) is 5.56 Å². The van der Waals surface area contributed by atoms with Crippen LogP contribution in [0.2, 0.25) is 0 Å². The van der Waals surface area contributed by atoms with E-state index in [1.807, 2.05) is 0 Å². The van der Waals surface area contributed by atoms with Crippen molar-refractivity contribution in [1.82, 2.24) is 4.90 Å². The first-order valence-corrected chi connectivity index (χ1v) is 5.93. The predicted molar refractivity (Wildman–Crippen MR) is 62.6 cm³/mol. The van der Waals surface area contributed by atoms with Crippen LogP contribution in [0.5, 0.6) is 0 Å². The maximum absolute atomic E-state index is 13.5. The van der Waals surface area contributed by atoms with Crippen molar-refractivity contribution in [2.45, 2.75) is 12.8 Å². The molecule has 1 amide bonds. The normalized spacial score (nSPS) is 18.6. The van der Waals surface area contributed by atoms with E-state index in [0.717, 1.165) is 12.1 Å². The van der Waals surface area contributed by atoms with Gasteiger partial charge in [-0.15, -0.1) is 0 Å². The van der Waals surface area contributed by atoms with Crippen molar-refractivity contribution >= 4 is 11.9 Å². The van der Waals surface area contributed by atoms with Crippen LogP contribution in [0, 0.1) is 17.6 Å². The second-order valence-electron chi connectivity index (χ2n) is 4.63. The number of carboxylic acids is 1. The Labute approximate surface area is 108 Å². The van der Waals surface area contributed by atoms with Crippen molar-refractivity contribution in [1.29, 1.82) is 0 Å². The first-order chi connectivity index (χ1) is 8.97. The molecule has 1 N–H and O–H groups in total. The molecule has 1 aromatic carbocycles. The maximum Gasteiger partial charge on any atom is 0.303 e. The molecule has 1 aliphatic rings. The Morgan fingerprint density at radius 1 is 1.37 bits per heavy atom. The summed E-state index contributed by atoms with van der Waals surface area (Å²) in [5, 5.41) is 8.69. The molecular formula is C13H13F2NO3. The molecular weight excluding hydrogens is 256 g/mol. The van der Waals surface area contributed by atoms with Crippen LogP contribution in [-0.4, -0.2) is 35.0 Å². The van der Waals surface area contributed by atoms with E-state index >= 15 is 0 Å². The highest BCUT2D eigenvalue weighted by atomic mass is 19.1. The second-order valence-corrected chi connectivity index (χ2v) is 4.63. The van der Waals surface area contributed by atoms with E-state index < -0.39 is 23.5 Å². The third-order valence-corrected chi connectivity index (χ3v) is 3.20. The zero-order valence-corrected chi connectivity index (χ0v) is 10.1. The summed E-state index contributed by atoms with van der Waals surface area (Å²) < 4.78 is 26.2. The molecule has 1 heterocycles. The summed E-state index contributed by atoms with van der Waals surface area (Å²) >= 11 is 0. The third-order valence-electron chi connectivity index (χ3n) is 3.20. The molecule has 4 nitrogen and oxygen atoms in total. The molecule has 1 aliphatic heterocycles. The van der Waals surface area contributed by atoms with Crippen LogP contribution < -0.4 is 0 Å². The summed E-state index contributed by atoms with van der Waals surface area (Å²) in [6, 6.07) is 2.80. The molecule has 1 unspecified atom stereocenters. The van der Waals surface area contributed by atoms with Crippen LogP contribution in [0.15, 0.2) is 18.2 Å². The SMILES string of the molecule is O=C(O)CC1CCN(C(=O)c2ccc(F)cc2F)C1. The Hall–Kier alpha value is -1.98. The Morgan fingerprint density at radius 3 is 2.74 bits per heavy atom. The lowest BCUT2D eigenvalue weighted by molar-refractivity contribution is -0.138. The van der Waals surface area contributed by atoms with Gasteiger partial charge < -0.3 is 10.0 Å². The van der Waals surface area contributed by atoms with Gasteiger partial charge in [0.2, 0.25) is 0 Å². The minimum Gasteiger partial charge on any atom is -0.481 e. The topological polar surface area (TPSA) is 57.6 Å². The van der Waals surface area contributed by atoms with Gasteiger partial charge in [-0.05, 0) is 24.5 Å². The van der Waals surface area contributed by atoms with Gasteiger partial charge in [-0.2, -0.15) is 0 Å². The quantitative estimate of drug-likeness (QED) is 0.911. The number of rotatable bonds is 3. The summed E-state index contributed by atoms with van der Waals surface area (Å²) in [7, 11) is 0. The molecule has 1 fully saturated rings. The van der Waals surface area contributed by atoms with Crippen molar-refractivity contribution in [2.24, 2.45) is 5.92 Å². The lowest BCUT2D eigenvalue weighted by atomic mass is 10.1. The van der Waals surface area contributed by atoms with Gasteiger partial charge in [-0.3, -0.25) is 9.59 Å². The average Bonchev–Trinajstić information content (AvgIpc) is 2.75. The number of nitrogens with zero attached hydrogens (tertiary/aromatic N) is 1. The monoisotopic (exact) mass is 269 g/mol. The number of carbonyl (C=O) groups excluding carboxylic acids is 1. The van der Waals surface area contributed by atoms with Crippen molar-refractivity contribution in [3.8, 4) is 0 Å². The molecule has 0 saturated carbocycles. The van der Waals surface area contributed by atoms with Gasteiger partial charge >= 0.3 is 5.97 Å². The second kappa shape index (κ2) is 5.34. The molecule has 1 aromatic rings. The minimum atomic E-state index is -0.910. The maximum atomic E-state index is 13.5. The standard InChI is InChI=1S/C13H13F2NO3/c14-9-1-2-10(11(15)6-9)13(19)16-4-3-8(7-16)5-12(17)18/h1-2,6,8H,3-5,7H2,(H,17,18). The van der Waals surface area contributed by atoms with Crippen LogP contribution in [0.25, 0.3) is 0 Å². The highest BCUT2D eigenvalue weighted by Crippen LogP contribution is 2.22. The van der Waals surface area contributed by atoms with Crippen molar-refractivity contribution < 1.29 is 23.5 Å². The predicted octanol–water partition coefficient (Wildman–Crippen LogP) is 1.90. The zero-order chi connectivity index (χ0) is 14.0. The Bertz CT molecular complexity index is 519. The summed E-state index contributed by atoms with van der Waals surface area (Å²) in [6.45, 7) is 0.690. The number of hydrogen-bond acceptors (Lipinski definition) is 2. The van der Waals surface area contributed by atoms with Gasteiger partial charge in [0.1, 0.15) is 11.6 Å². The molecule has 102 valence electrons.